The summed E-state index contributed by atoms with van der Waals surface area (Å²) in [4.78, 5) is 33.1. The van der Waals surface area contributed by atoms with Crippen molar-refractivity contribution in [1.29, 1.82) is 0 Å². The lowest BCUT2D eigenvalue weighted by molar-refractivity contribution is -0.132. The highest BCUT2D eigenvalue weighted by Gasteiger charge is 2.48. The second kappa shape index (κ2) is 10.0. The quantitative estimate of drug-likeness (QED) is 0.187. The van der Waals surface area contributed by atoms with Crippen LogP contribution in [0.15, 0.2) is 54.1 Å². The summed E-state index contributed by atoms with van der Waals surface area (Å²) in [5.41, 5.74) is 3.11. The Kier molecular flexibility index (Phi) is 6.73. The van der Waals surface area contributed by atoms with Crippen LogP contribution >= 0.6 is 11.3 Å². The number of rotatable bonds is 6. The van der Waals surface area contributed by atoms with Crippen LogP contribution in [0.25, 0.3) is 16.0 Å². The number of Topliss-reactive ketones (excluding diaryl/α,β-unsaturated/α-hetero) is 1. The number of aryl methyl sites for hydroxylation is 2. The molecule has 1 aliphatic rings. The van der Waals surface area contributed by atoms with E-state index in [1.54, 1.807) is 12.1 Å². The van der Waals surface area contributed by atoms with Crippen molar-refractivity contribution >= 4 is 44.1 Å². The fraction of sp³-hybridized carbons (Fsp3) is 0.207. The molecule has 1 atom stereocenters. The lowest BCUT2D eigenvalue weighted by Gasteiger charge is -2.24. The minimum atomic E-state index is -1.09. The number of fused-ring (bicyclic) bond motifs is 1. The van der Waals surface area contributed by atoms with Gasteiger partial charge in [-0.25, -0.2) is 9.37 Å². The first-order valence-electron chi connectivity index (χ1n) is 11.9. The van der Waals surface area contributed by atoms with Crippen LogP contribution in [0.2, 0.25) is 0 Å². The van der Waals surface area contributed by atoms with Crippen LogP contribution in [-0.4, -0.2) is 43.1 Å². The maximum absolute atomic E-state index is 13.6. The first kappa shape index (κ1) is 26.2. The number of hydrogen-bond acceptors (Lipinski definition) is 8. The van der Waals surface area contributed by atoms with Crippen LogP contribution in [0.5, 0.6) is 17.2 Å². The van der Waals surface area contributed by atoms with Crippen molar-refractivity contribution in [3.63, 3.8) is 0 Å². The minimum absolute atomic E-state index is 0.173. The zero-order valence-corrected chi connectivity index (χ0v) is 22.7. The average Bonchev–Trinajstić information content (AvgIpc) is 3.46. The third kappa shape index (κ3) is 4.36. The number of aliphatic hydroxyl groups is 1. The molecule has 1 N–H and O–H groups in total. The summed E-state index contributed by atoms with van der Waals surface area (Å²) in [6, 6.07) is 11.1. The maximum atomic E-state index is 13.6. The molecule has 0 aliphatic carbocycles. The summed E-state index contributed by atoms with van der Waals surface area (Å²) in [6.07, 6.45) is 0. The normalized spacial score (nSPS) is 16.7. The first-order chi connectivity index (χ1) is 18.7. The van der Waals surface area contributed by atoms with Crippen molar-refractivity contribution in [2.45, 2.75) is 19.9 Å². The Balaban J connectivity index is 1.80. The number of anilines is 1. The van der Waals surface area contributed by atoms with E-state index >= 15 is 0 Å². The molecule has 0 bridgehead atoms. The molecule has 0 spiro atoms. The molecule has 4 aromatic rings. The zero-order valence-electron chi connectivity index (χ0n) is 21.9. The number of benzene rings is 3. The van der Waals surface area contributed by atoms with E-state index < -0.39 is 29.3 Å². The number of hydrogen-bond donors (Lipinski definition) is 1. The van der Waals surface area contributed by atoms with E-state index in [1.807, 2.05) is 26.0 Å². The fourth-order valence-corrected chi connectivity index (χ4v) is 6.00. The lowest BCUT2D eigenvalue weighted by Crippen LogP contribution is -2.29. The van der Waals surface area contributed by atoms with Gasteiger partial charge in [-0.15, -0.1) is 0 Å². The van der Waals surface area contributed by atoms with Gasteiger partial charge < -0.3 is 19.3 Å². The number of methoxy groups -OCH3 is 3. The van der Waals surface area contributed by atoms with Crippen LogP contribution in [0, 0.1) is 19.7 Å². The number of nitrogens with zero attached hydrogens (tertiary/aromatic N) is 2. The van der Waals surface area contributed by atoms with E-state index in [1.165, 1.54) is 49.7 Å². The van der Waals surface area contributed by atoms with Gasteiger partial charge in [-0.1, -0.05) is 17.4 Å². The van der Waals surface area contributed by atoms with E-state index in [4.69, 9.17) is 19.2 Å². The van der Waals surface area contributed by atoms with Crippen molar-refractivity contribution in [1.82, 2.24) is 4.98 Å². The predicted octanol–water partition coefficient (Wildman–Crippen LogP) is 5.70. The standard InChI is InChI=1S/C29H25FN2O6S/c1-14-10-15(2)23-21(11-14)39-29(31-23)32-24(17-12-19(36-3)27(38-5)20(13-17)37-4)22(26(34)28(32)35)25(33)16-6-8-18(30)9-7-16/h6-13,24,33H,1-5H3/b25-22+/t24-/m1/s1. The smallest absolute Gasteiger partial charge is 0.301 e. The number of amides is 1. The highest BCUT2D eigenvalue weighted by atomic mass is 32.1. The zero-order chi connectivity index (χ0) is 28.0. The second-order valence-corrected chi connectivity index (χ2v) is 10.1. The third-order valence-corrected chi connectivity index (χ3v) is 7.59. The van der Waals surface area contributed by atoms with Gasteiger partial charge in [0, 0.05) is 5.56 Å². The Bertz CT molecular complexity index is 1640. The molecule has 0 radical (unpaired) electrons. The van der Waals surface area contributed by atoms with E-state index in [0.29, 0.717) is 28.3 Å². The highest BCUT2D eigenvalue weighted by molar-refractivity contribution is 7.22. The Morgan fingerprint density at radius 2 is 1.62 bits per heavy atom. The Labute approximate surface area is 227 Å². The molecular formula is C29H25FN2O6S. The molecular weight excluding hydrogens is 523 g/mol. The summed E-state index contributed by atoms with van der Waals surface area (Å²) in [5.74, 6) is -1.78. The number of ether oxygens (including phenoxy) is 3. The first-order valence-corrected chi connectivity index (χ1v) is 12.7. The molecule has 1 amide bonds. The molecule has 2 heterocycles. The molecule has 0 saturated carbocycles. The van der Waals surface area contributed by atoms with Crippen LogP contribution in [0.4, 0.5) is 9.52 Å². The molecule has 200 valence electrons. The van der Waals surface area contributed by atoms with Crippen LogP contribution < -0.4 is 19.1 Å². The Hall–Kier alpha value is -4.44. The number of aliphatic hydroxyl groups excluding tert-OH is 1. The van der Waals surface area contributed by atoms with Crippen molar-refractivity contribution < 1.29 is 33.3 Å². The lowest BCUT2D eigenvalue weighted by atomic mass is 9.94. The van der Waals surface area contributed by atoms with Gasteiger partial charge in [0.05, 0.1) is 43.2 Å². The summed E-state index contributed by atoms with van der Waals surface area (Å²) < 4.78 is 31.0. The summed E-state index contributed by atoms with van der Waals surface area (Å²) in [7, 11) is 4.37. The third-order valence-electron chi connectivity index (χ3n) is 6.59. The minimum Gasteiger partial charge on any atom is -0.507 e. The van der Waals surface area contributed by atoms with Crippen LogP contribution in [0.3, 0.4) is 0 Å². The molecule has 3 aromatic carbocycles. The second-order valence-electron chi connectivity index (χ2n) is 9.06. The molecule has 0 unspecified atom stereocenters. The number of ketones is 1. The molecule has 1 aromatic heterocycles. The summed E-state index contributed by atoms with van der Waals surface area (Å²) in [5, 5.41) is 11.6. The number of carbonyl (C=O) groups is 2. The van der Waals surface area contributed by atoms with Gasteiger partial charge in [-0.3, -0.25) is 14.5 Å². The molecule has 1 saturated heterocycles. The number of carbonyl (C=O) groups excluding carboxylic acids is 2. The number of thiazole rings is 1. The summed E-state index contributed by atoms with van der Waals surface area (Å²) in [6.45, 7) is 3.90. The molecule has 5 rings (SSSR count). The van der Waals surface area contributed by atoms with E-state index in [9.17, 15) is 19.1 Å². The van der Waals surface area contributed by atoms with E-state index in [-0.39, 0.29) is 16.3 Å². The van der Waals surface area contributed by atoms with Crippen LogP contribution in [-0.2, 0) is 9.59 Å². The van der Waals surface area contributed by atoms with Gasteiger partial charge in [0.25, 0.3) is 5.78 Å². The van der Waals surface area contributed by atoms with Crippen molar-refractivity contribution in [2.24, 2.45) is 0 Å². The monoisotopic (exact) mass is 548 g/mol. The van der Waals surface area contributed by atoms with Gasteiger partial charge in [0.1, 0.15) is 11.6 Å². The highest BCUT2D eigenvalue weighted by Crippen LogP contribution is 2.48. The largest absolute Gasteiger partial charge is 0.507 e. The van der Waals surface area contributed by atoms with Crippen molar-refractivity contribution in [2.75, 3.05) is 26.2 Å². The average molecular weight is 549 g/mol. The van der Waals surface area contributed by atoms with Gasteiger partial charge in [-0.2, -0.15) is 0 Å². The summed E-state index contributed by atoms with van der Waals surface area (Å²) >= 11 is 1.27. The SMILES string of the molecule is COc1cc([C@@H]2/C(=C(\O)c3ccc(F)cc3)C(=O)C(=O)N2c2nc3c(C)cc(C)cc3s2)cc(OC)c1OC. The molecule has 1 aliphatic heterocycles. The number of aromatic nitrogens is 1. The topological polar surface area (TPSA) is 98.2 Å². The van der Waals surface area contributed by atoms with E-state index in [2.05, 4.69) is 0 Å². The Morgan fingerprint density at radius 1 is 0.974 bits per heavy atom. The Morgan fingerprint density at radius 3 is 2.21 bits per heavy atom. The van der Waals surface area contributed by atoms with Gasteiger partial charge in [-0.05, 0) is 73.0 Å². The number of halogens is 1. The van der Waals surface area contributed by atoms with Gasteiger partial charge >= 0.3 is 5.91 Å². The van der Waals surface area contributed by atoms with Crippen LogP contribution in [0.1, 0.15) is 28.3 Å². The molecule has 10 heteroatoms. The molecule has 1 fully saturated rings. The molecule has 8 nitrogen and oxygen atoms in total. The van der Waals surface area contributed by atoms with Gasteiger partial charge in [0.15, 0.2) is 16.6 Å². The molecule has 39 heavy (non-hydrogen) atoms. The predicted molar refractivity (Wildman–Crippen MR) is 146 cm³/mol. The fourth-order valence-electron chi connectivity index (χ4n) is 4.83. The van der Waals surface area contributed by atoms with Gasteiger partial charge in [0.2, 0.25) is 5.75 Å². The maximum Gasteiger partial charge on any atom is 0.301 e. The van der Waals surface area contributed by atoms with E-state index in [0.717, 1.165) is 28.0 Å². The van der Waals surface area contributed by atoms with Crippen molar-refractivity contribution in [3.8, 4) is 17.2 Å². The van der Waals surface area contributed by atoms with Crippen molar-refractivity contribution in [3.05, 3.63) is 82.2 Å².